The van der Waals surface area contributed by atoms with E-state index in [1.54, 1.807) is 0 Å². The van der Waals surface area contributed by atoms with Crippen LogP contribution in [0.3, 0.4) is 0 Å². The van der Waals surface area contributed by atoms with Crippen LogP contribution in [-0.4, -0.2) is 17.1 Å². The molecule has 0 saturated heterocycles. The number of carboxylic acids is 1. The molecule has 0 aromatic carbocycles. The number of hydrogen-bond donors (Lipinski definition) is 2. The number of rotatable bonds is 5. The smallest absolute Gasteiger partial charge is 0.320 e. The van der Waals surface area contributed by atoms with Gasteiger partial charge in [-0.25, -0.2) is 0 Å². The van der Waals surface area contributed by atoms with Gasteiger partial charge in [0.05, 0.1) is 4.34 Å². The number of carboxylic acid groups (broad SMARTS) is 1. The lowest BCUT2D eigenvalue weighted by atomic mass is 10.0. The summed E-state index contributed by atoms with van der Waals surface area (Å²) in [6.45, 7) is 4.25. The molecule has 1 atom stereocenters. The summed E-state index contributed by atoms with van der Waals surface area (Å²) in [6.07, 6.45) is 0. The molecule has 15 heavy (non-hydrogen) atoms. The summed E-state index contributed by atoms with van der Waals surface area (Å²) in [7, 11) is 0. The number of halogens is 1. The maximum Gasteiger partial charge on any atom is 0.320 e. The Bertz CT molecular complexity index is 338. The van der Waals surface area contributed by atoms with Crippen molar-refractivity contribution in [3.8, 4) is 0 Å². The van der Waals surface area contributed by atoms with Crippen molar-refractivity contribution in [2.75, 3.05) is 0 Å². The Morgan fingerprint density at radius 3 is 2.73 bits per heavy atom. The third kappa shape index (κ3) is 3.48. The Labute approximate surface area is 98.1 Å². The molecule has 0 aliphatic rings. The zero-order valence-corrected chi connectivity index (χ0v) is 10.2. The second kappa shape index (κ2) is 5.49. The van der Waals surface area contributed by atoms with Crippen molar-refractivity contribution < 1.29 is 9.90 Å². The molecular formula is C10H14ClNO2S. The summed E-state index contributed by atoms with van der Waals surface area (Å²) in [5.74, 6) is -0.767. The SMILES string of the molecule is CC(C)[C@@H](NCc1ccsc1Cl)C(=O)O. The molecule has 0 bridgehead atoms. The highest BCUT2D eigenvalue weighted by Gasteiger charge is 2.20. The second-order valence-corrected chi connectivity index (χ2v) is 5.18. The molecule has 0 fully saturated rings. The molecule has 0 aliphatic carbocycles. The van der Waals surface area contributed by atoms with Crippen LogP contribution in [0.2, 0.25) is 4.34 Å². The number of nitrogens with one attached hydrogen (secondary N) is 1. The first kappa shape index (κ1) is 12.5. The predicted molar refractivity (Wildman–Crippen MR) is 62.4 cm³/mol. The van der Waals surface area contributed by atoms with Gasteiger partial charge in [-0.05, 0) is 22.9 Å². The number of thiophene rings is 1. The molecule has 0 amide bonds. The fraction of sp³-hybridized carbons (Fsp3) is 0.500. The van der Waals surface area contributed by atoms with Crippen molar-refractivity contribution in [2.24, 2.45) is 5.92 Å². The average molecular weight is 248 g/mol. The van der Waals surface area contributed by atoms with E-state index in [4.69, 9.17) is 16.7 Å². The molecule has 0 unspecified atom stereocenters. The molecule has 1 heterocycles. The van der Waals surface area contributed by atoms with Crippen LogP contribution >= 0.6 is 22.9 Å². The molecule has 0 radical (unpaired) electrons. The highest BCUT2D eigenvalue weighted by atomic mass is 35.5. The second-order valence-electron chi connectivity index (χ2n) is 3.66. The van der Waals surface area contributed by atoms with Gasteiger partial charge in [-0.1, -0.05) is 25.4 Å². The fourth-order valence-corrected chi connectivity index (χ4v) is 2.20. The first-order chi connectivity index (χ1) is 7.02. The predicted octanol–water partition coefficient (Wildman–Crippen LogP) is 2.60. The third-order valence-corrected chi connectivity index (χ3v) is 3.39. The minimum Gasteiger partial charge on any atom is -0.480 e. The molecule has 0 aliphatic heterocycles. The molecule has 1 rings (SSSR count). The van der Waals surface area contributed by atoms with Gasteiger partial charge in [0.2, 0.25) is 0 Å². The monoisotopic (exact) mass is 247 g/mol. The Balaban J connectivity index is 2.55. The maximum absolute atomic E-state index is 10.9. The quantitative estimate of drug-likeness (QED) is 0.841. The van der Waals surface area contributed by atoms with Gasteiger partial charge in [-0.2, -0.15) is 0 Å². The van der Waals surface area contributed by atoms with Gasteiger partial charge >= 0.3 is 5.97 Å². The molecule has 1 aromatic rings. The van der Waals surface area contributed by atoms with Crippen molar-refractivity contribution in [1.82, 2.24) is 5.32 Å². The van der Waals surface area contributed by atoms with E-state index in [1.165, 1.54) is 11.3 Å². The van der Waals surface area contributed by atoms with Crippen LogP contribution in [0.15, 0.2) is 11.4 Å². The molecule has 2 N–H and O–H groups in total. The molecule has 5 heteroatoms. The molecule has 1 aromatic heterocycles. The van der Waals surface area contributed by atoms with Crippen LogP contribution in [0.4, 0.5) is 0 Å². The van der Waals surface area contributed by atoms with Crippen LogP contribution in [-0.2, 0) is 11.3 Å². The molecule has 0 spiro atoms. The van der Waals surface area contributed by atoms with E-state index in [0.717, 1.165) is 9.90 Å². The van der Waals surface area contributed by atoms with Crippen molar-refractivity contribution in [3.63, 3.8) is 0 Å². The van der Waals surface area contributed by atoms with E-state index in [9.17, 15) is 4.79 Å². The first-order valence-electron chi connectivity index (χ1n) is 4.70. The summed E-state index contributed by atoms with van der Waals surface area (Å²) < 4.78 is 0.718. The third-order valence-electron chi connectivity index (χ3n) is 2.14. The maximum atomic E-state index is 10.9. The highest BCUT2D eigenvalue weighted by molar-refractivity contribution is 7.14. The van der Waals surface area contributed by atoms with E-state index >= 15 is 0 Å². The summed E-state index contributed by atoms with van der Waals surface area (Å²) in [4.78, 5) is 10.9. The van der Waals surface area contributed by atoms with Crippen molar-refractivity contribution in [2.45, 2.75) is 26.4 Å². The van der Waals surface area contributed by atoms with Gasteiger partial charge in [0.1, 0.15) is 6.04 Å². The van der Waals surface area contributed by atoms with Gasteiger partial charge in [0.25, 0.3) is 0 Å². The lowest BCUT2D eigenvalue weighted by Crippen LogP contribution is -2.40. The molecule has 0 saturated carbocycles. The number of aliphatic carboxylic acids is 1. The Morgan fingerprint density at radius 1 is 1.67 bits per heavy atom. The van der Waals surface area contributed by atoms with Crippen LogP contribution in [0, 0.1) is 5.92 Å². The van der Waals surface area contributed by atoms with Crippen LogP contribution in [0.1, 0.15) is 19.4 Å². The Kier molecular flexibility index (Phi) is 4.57. The normalized spacial score (nSPS) is 13.1. The summed E-state index contributed by atoms with van der Waals surface area (Å²) >= 11 is 7.36. The minimum atomic E-state index is -0.823. The van der Waals surface area contributed by atoms with E-state index in [2.05, 4.69) is 5.32 Å². The van der Waals surface area contributed by atoms with Gasteiger partial charge in [-0.3, -0.25) is 10.1 Å². The topological polar surface area (TPSA) is 49.3 Å². The van der Waals surface area contributed by atoms with E-state index in [1.807, 2.05) is 25.3 Å². The van der Waals surface area contributed by atoms with Crippen molar-refractivity contribution in [3.05, 3.63) is 21.3 Å². The Morgan fingerprint density at radius 2 is 2.33 bits per heavy atom. The first-order valence-corrected chi connectivity index (χ1v) is 5.96. The highest BCUT2D eigenvalue weighted by Crippen LogP contribution is 2.22. The van der Waals surface area contributed by atoms with Gasteiger partial charge < -0.3 is 5.11 Å². The fourth-order valence-electron chi connectivity index (χ4n) is 1.27. The van der Waals surface area contributed by atoms with Crippen molar-refractivity contribution >= 4 is 28.9 Å². The zero-order chi connectivity index (χ0) is 11.4. The lowest BCUT2D eigenvalue weighted by Gasteiger charge is -2.17. The van der Waals surface area contributed by atoms with Crippen LogP contribution < -0.4 is 5.32 Å². The summed E-state index contributed by atoms with van der Waals surface area (Å²) in [6, 6.07) is 1.38. The van der Waals surface area contributed by atoms with Crippen LogP contribution in [0.25, 0.3) is 0 Å². The molecular weight excluding hydrogens is 234 g/mol. The number of carbonyl (C=O) groups is 1. The van der Waals surface area contributed by atoms with Gasteiger partial charge in [0.15, 0.2) is 0 Å². The van der Waals surface area contributed by atoms with Crippen molar-refractivity contribution in [1.29, 1.82) is 0 Å². The van der Waals surface area contributed by atoms with Crippen LogP contribution in [0.5, 0.6) is 0 Å². The summed E-state index contributed by atoms with van der Waals surface area (Å²) in [5, 5.41) is 13.8. The average Bonchev–Trinajstić information content (AvgIpc) is 2.51. The Hall–Kier alpha value is -0.580. The minimum absolute atomic E-state index is 0.0555. The number of hydrogen-bond acceptors (Lipinski definition) is 3. The summed E-state index contributed by atoms with van der Waals surface area (Å²) in [5.41, 5.74) is 0.952. The van der Waals surface area contributed by atoms with E-state index in [-0.39, 0.29) is 5.92 Å². The zero-order valence-electron chi connectivity index (χ0n) is 8.66. The standard InChI is InChI=1S/C10H14ClNO2S/c1-6(2)8(10(13)14)12-5-7-3-4-15-9(7)11/h3-4,6,8,12H,5H2,1-2H3,(H,13,14)/t8-/m1/s1. The molecule has 3 nitrogen and oxygen atoms in total. The van der Waals surface area contributed by atoms with Gasteiger partial charge in [0, 0.05) is 6.54 Å². The largest absolute Gasteiger partial charge is 0.480 e. The van der Waals surface area contributed by atoms with Gasteiger partial charge in [-0.15, -0.1) is 11.3 Å². The van der Waals surface area contributed by atoms with E-state index in [0.29, 0.717) is 6.54 Å². The molecule has 84 valence electrons. The lowest BCUT2D eigenvalue weighted by molar-refractivity contribution is -0.140. The van der Waals surface area contributed by atoms with E-state index < -0.39 is 12.0 Å².